The van der Waals surface area contributed by atoms with Crippen LogP contribution in [-0.2, 0) is 26.3 Å². The average Bonchev–Trinajstić information content (AvgIpc) is 3.17. The predicted octanol–water partition coefficient (Wildman–Crippen LogP) is 5.17. The molecule has 4 rings (SSSR count). The number of hydrogen-bond donors (Lipinski definition) is 1. The first-order valence-corrected chi connectivity index (χ1v) is 14.9. The van der Waals surface area contributed by atoms with Crippen molar-refractivity contribution in [2.45, 2.75) is 18.4 Å². The number of amides is 3. The number of halogens is 1. The van der Waals surface area contributed by atoms with E-state index in [2.05, 4.69) is 5.32 Å². The highest BCUT2D eigenvalue weighted by atomic mass is 127. The van der Waals surface area contributed by atoms with Crippen molar-refractivity contribution in [3.8, 4) is 11.5 Å². The summed E-state index contributed by atoms with van der Waals surface area (Å²) in [6.45, 7) is 1.06. The van der Waals surface area contributed by atoms with E-state index in [4.69, 9.17) is 8.92 Å². The van der Waals surface area contributed by atoms with Crippen molar-refractivity contribution < 1.29 is 36.6 Å². The van der Waals surface area contributed by atoms with Crippen LogP contribution in [0.1, 0.15) is 18.1 Å². The molecule has 1 aliphatic rings. The highest BCUT2D eigenvalue weighted by Crippen LogP contribution is 2.39. The molecule has 212 valence electrons. The number of ether oxygens (including phenoxy) is 1. The average molecular weight is 709 g/mol. The molecule has 0 aliphatic carbocycles. The lowest BCUT2D eigenvalue weighted by atomic mass is 10.1. The van der Waals surface area contributed by atoms with E-state index in [0.717, 1.165) is 4.90 Å². The van der Waals surface area contributed by atoms with Gasteiger partial charge in [0.25, 0.3) is 16.8 Å². The SMILES string of the molecule is COc1cc(/C=C2\SC(=O)N(Cc3ccccc3[N+](=O)[O-])C2=O)cc(I)c1OS(=O)(=O)c1ccc(NC(C)=O)cc1. The molecule has 0 atom stereocenters. The van der Waals surface area contributed by atoms with Gasteiger partial charge < -0.3 is 14.2 Å². The summed E-state index contributed by atoms with van der Waals surface area (Å²) in [7, 11) is -2.97. The summed E-state index contributed by atoms with van der Waals surface area (Å²) >= 11 is 2.54. The highest BCUT2D eigenvalue weighted by Gasteiger charge is 2.36. The largest absolute Gasteiger partial charge is 0.493 e. The van der Waals surface area contributed by atoms with E-state index in [9.17, 15) is 32.9 Å². The number of nitrogens with zero attached hydrogens (tertiary/aromatic N) is 2. The summed E-state index contributed by atoms with van der Waals surface area (Å²) in [5.74, 6) is -0.958. The van der Waals surface area contributed by atoms with E-state index in [0.29, 0.717) is 26.6 Å². The second-order valence-corrected chi connectivity index (χ2v) is 12.1. The monoisotopic (exact) mass is 709 g/mol. The summed E-state index contributed by atoms with van der Waals surface area (Å²) in [5, 5.41) is 13.3. The standard InChI is InChI=1S/C26H20IN3O9S2/c1-15(31)28-18-7-9-19(10-8-18)41(36,37)39-24-20(27)11-16(12-22(24)38-2)13-23-25(32)29(26(33)40-23)14-17-5-3-4-6-21(17)30(34)35/h3-13H,14H2,1-2H3,(H,28,31)/b23-13-. The number of benzene rings is 3. The van der Waals surface area contributed by atoms with Crippen molar-refractivity contribution in [3.05, 3.63) is 90.4 Å². The topological polar surface area (TPSA) is 162 Å². The van der Waals surface area contributed by atoms with E-state index in [1.54, 1.807) is 12.1 Å². The van der Waals surface area contributed by atoms with Gasteiger partial charge in [-0.3, -0.25) is 29.4 Å². The third-order valence-corrected chi connectivity index (χ3v) is 8.54. The molecule has 1 fully saturated rings. The van der Waals surface area contributed by atoms with E-state index in [1.165, 1.54) is 68.6 Å². The number of thioether (sulfide) groups is 1. The van der Waals surface area contributed by atoms with E-state index >= 15 is 0 Å². The molecule has 0 radical (unpaired) electrons. The zero-order valence-corrected chi connectivity index (χ0v) is 25.1. The molecule has 0 saturated carbocycles. The molecular weight excluding hydrogens is 689 g/mol. The number of hydrogen-bond acceptors (Lipinski definition) is 10. The number of methoxy groups -OCH3 is 1. The zero-order chi connectivity index (χ0) is 29.9. The van der Waals surface area contributed by atoms with Gasteiger partial charge in [-0.15, -0.1) is 0 Å². The molecule has 3 aromatic carbocycles. The van der Waals surface area contributed by atoms with Gasteiger partial charge >= 0.3 is 10.1 Å². The number of nitro groups is 1. The van der Waals surface area contributed by atoms with E-state index < -0.39 is 26.2 Å². The third kappa shape index (κ3) is 6.86. The van der Waals surface area contributed by atoms with Crippen molar-refractivity contribution >= 4 is 79.0 Å². The summed E-state index contributed by atoms with van der Waals surface area (Å²) < 4.78 is 36.9. The fraction of sp³-hybridized carbons (Fsp3) is 0.115. The van der Waals surface area contributed by atoms with Gasteiger partial charge in [0, 0.05) is 24.2 Å². The lowest BCUT2D eigenvalue weighted by Crippen LogP contribution is -2.27. The van der Waals surface area contributed by atoms with Crippen LogP contribution in [0.4, 0.5) is 16.2 Å². The van der Waals surface area contributed by atoms with Gasteiger partial charge in [-0.2, -0.15) is 8.42 Å². The van der Waals surface area contributed by atoms with Crippen LogP contribution in [0.25, 0.3) is 6.08 Å². The Balaban J connectivity index is 1.58. The molecule has 0 bridgehead atoms. The quantitative estimate of drug-likeness (QED) is 0.103. The number of nitrogens with one attached hydrogen (secondary N) is 1. The molecule has 12 nitrogen and oxygen atoms in total. The van der Waals surface area contributed by atoms with Gasteiger partial charge in [0.1, 0.15) is 4.90 Å². The van der Waals surface area contributed by atoms with E-state index in [-0.39, 0.29) is 45.0 Å². The van der Waals surface area contributed by atoms with Crippen LogP contribution in [0.3, 0.4) is 0 Å². The minimum atomic E-state index is -4.28. The van der Waals surface area contributed by atoms with Crippen molar-refractivity contribution in [2.24, 2.45) is 0 Å². The number of para-hydroxylation sites is 1. The van der Waals surface area contributed by atoms with Crippen molar-refractivity contribution in [3.63, 3.8) is 0 Å². The number of carbonyl (C=O) groups excluding carboxylic acids is 3. The normalized spacial score (nSPS) is 14.3. The second-order valence-electron chi connectivity index (χ2n) is 8.43. The van der Waals surface area contributed by atoms with Crippen molar-refractivity contribution in [1.29, 1.82) is 0 Å². The number of imide groups is 1. The molecule has 3 aromatic rings. The van der Waals surface area contributed by atoms with Crippen LogP contribution >= 0.6 is 34.4 Å². The predicted molar refractivity (Wildman–Crippen MR) is 159 cm³/mol. The minimum Gasteiger partial charge on any atom is -0.493 e. The van der Waals surface area contributed by atoms with Crippen LogP contribution in [-0.4, -0.2) is 42.4 Å². The fourth-order valence-corrected chi connectivity index (χ4v) is 6.43. The Kier molecular flexibility index (Phi) is 8.98. The molecule has 0 aromatic heterocycles. The summed E-state index contributed by atoms with van der Waals surface area (Å²) in [6.07, 6.45) is 1.44. The van der Waals surface area contributed by atoms with Crippen LogP contribution in [0.2, 0.25) is 0 Å². The van der Waals surface area contributed by atoms with Gasteiger partial charge in [-0.05, 0) is 82.4 Å². The maximum atomic E-state index is 13.0. The Bertz CT molecular complexity index is 1710. The van der Waals surface area contributed by atoms with Crippen LogP contribution < -0.4 is 14.2 Å². The number of carbonyl (C=O) groups is 3. The van der Waals surface area contributed by atoms with Gasteiger partial charge in [0.15, 0.2) is 11.5 Å². The van der Waals surface area contributed by atoms with Gasteiger partial charge in [-0.1, -0.05) is 18.2 Å². The number of rotatable bonds is 9. The molecule has 1 aliphatic heterocycles. The molecular formula is C26H20IN3O9S2. The Morgan fingerprint density at radius 1 is 1.15 bits per heavy atom. The summed E-state index contributed by atoms with van der Waals surface area (Å²) in [4.78, 5) is 48.4. The molecule has 1 heterocycles. The Hall–Kier alpha value is -3.96. The van der Waals surface area contributed by atoms with Gasteiger partial charge in [-0.25, -0.2) is 0 Å². The minimum absolute atomic E-state index is 0.0562. The maximum absolute atomic E-state index is 13.0. The smallest absolute Gasteiger partial charge is 0.339 e. The lowest BCUT2D eigenvalue weighted by Gasteiger charge is -2.14. The molecule has 15 heteroatoms. The van der Waals surface area contributed by atoms with Crippen LogP contribution in [0.5, 0.6) is 11.5 Å². The molecule has 1 saturated heterocycles. The Labute approximate surface area is 252 Å². The second kappa shape index (κ2) is 12.3. The number of nitro benzene ring substituents is 1. The lowest BCUT2D eigenvalue weighted by molar-refractivity contribution is -0.385. The first-order chi connectivity index (χ1) is 19.4. The summed E-state index contributed by atoms with van der Waals surface area (Å²) in [6, 6.07) is 14.3. The van der Waals surface area contributed by atoms with Crippen molar-refractivity contribution in [1.82, 2.24) is 4.90 Å². The van der Waals surface area contributed by atoms with Crippen molar-refractivity contribution in [2.75, 3.05) is 12.4 Å². The zero-order valence-electron chi connectivity index (χ0n) is 21.3. The first kappa shape index (κ1) is 30.0. The molecule has 41 heavy (non-hydrogen) atoms. The number of anilines is 1. The molecule has 0 spiro atoms. The Morgan fingerprint density at radius 2 is 1.83 bits per heavy atom. The fourth-order valence-electron chi connectivity index (χ4n) is 3.75. The summed E-state index contributed by atoms with van der Waals surface area (Å²) in [5.41, 5.74) is 0.847. The van der Waals surface area contributed by atoms with Gasteiger partial charge in [0.2, 0.25) is 5.91 Å². The molecule has 1 N–H and O–H groups in total. The van der Waals surface area contributed by atoms with Gasteiger partial charge in [0.05, 0.1) is 27.1 Å². The maximum Gasteiger partial charge on any atom is 0.339 e. The first-order valence-electron chi connectivity index (χ1n) is 11.6. The highest BCUT2D eigenvalue weighted by molar-refractivity contribution is 14.1. The van der Waals surface area contributed by atoms with E-state index in [1.807, 2.05) is 22.6 Å². The molecule has 3 amide bonds. The molecule has 0 unspecified atom stereocenters. The van der Waals surface area contributed by atoms with Crippen LogP contribution in [0, 0.1) is 13.7 Å². The Morgan fingerprint density at radius 3 is 2.46 bits per heavy atom. The van der Waals surface area contributed by atoms with Crippen LogP contribution in [0.15, 0.2) is 70.5 Å². The third-order valence-electron chi connectivity index (χ3n) is 5.60.